The molecular weight excluding hydrogens is 685 g/mol. The van der Waals surface area contributed by atoms with Gasteiger partial charge in [-0.3, -0.25) is 0 Å². The summed E-state index contributed by atoms with van der Waals surface area (Å²) in [6, 6.07) is 0. The standard InChI is InChI=1S/C39H48.9C2H6/c1-14-16-13-17-19-21-23-22-20-18-15(2)25(5)24(3,4)27(7)29(9)31(11)32(12)30(10)28(8)26(14,6)33(16,17)35(19,28)37(21,30)39(23,32)38(22,31)36(20,29)34(18,25)27;9*1-2/h14-23H,13H2,1-12H3;9*1-2H3/t14-,15-,16+,17+,18-,19+,20-,21+,22-,23+,25-,26-,27+,28-,29+,30-,31+,32-,33+,34+,35+,36-,37+,38-,39+;;;;;;;;;/m1........./s1. The fraction of sp³-hybridized carbons (Fsp3) is 1.00. The summed E-state index contributed by atoms with van der Waals surface area (Å²) < 4.78 is 0. The number of rotatable bonds is 0. The van der Waals surface area contributed by atoms with E-state index < -0.39 is 0 Å². The zero-order valence-corrected chi connectivity index (χ0v) is 44.5. The van der Waals surface area contributed by atoms with Gasteiger partial charge in [0.1, 0.15) is 0 Å². The summed E-state index contributed by atoms with van der Waals surface area (Å²) in [5.41, 5.74) is 11.1. The Labute approximate surface area is 358 Å². The second kappa shape index (κ2) is 10.5. The highest BCUT2D eigenvalue weighted by Gasteiger charge is 3.42. The molecule has 16 aliphatic carbocycles. The smallest absolute Gasteiger partial charge is 0.00566 e. The van der Waals surface area contributed by atoms with Crippen molar-refractivity contribution < 1.29 is 0 Å². The van der Waals surface area contributed by atoms with Gasteiger partial charge < -0.3 is 0 Å². The van der Waals surface area contributed by atoms with Crippen LogP contribution in [0.2, 0.25) is 0 Å². The van der Waals surface area contributed by atoms with Gasteiger partial charge in [-0.25, -0.2) is 0 Å². The van der Waals surface area contributed by atoms with E-state index in [0.29, 0.717) is 48.7 Å². The molecule has 16 aliphatic rings. The molecule has 16 fully saturated rings. The molecule has 0 heteroatoms. The molecule has 16 rings (SSSR count). The molecule has 0 amide bonds. The lowest BCUT2D eigenvalue weighted by Gasteiger charge is -3.42. The van der Waals surface area contributed by atoms with Gasteiger partial charge in [-0.2, -0.15) is 0 Å². The van der Waals surface area contributed by atoms with Crippen molar-refractivity contribution in [1.82, 2.24) is 0 Å². The van der Waals surface area contributed by atoms with Crippen LogP contribution in [0.4, 0.5) is 0 Å². The maximum Gasteiger partial charge on any atom is -0.00566 e. The number of hydrogen-bond donors (Lipinski definition) is 0. The first-order valence-corrected chi connectivity index (χ1v) is 27.0. The van der Waals surface area contributed by atoms with Gasteiger partial charge in [0.15, 0.2) is 0 Å². The molecule has 0 bridgehead atoms. The summed E-state index contributed by atoms with van der Waals surface area (Å²) >= 11 is 0. The van der Waals surface area contributed by atoms with Gasteiger partial charge in [0.25, 0.3) is 0 Å². The summed E-state index contributed by atoms with van der Waals surface area (Å²) in [6.45, 7) is 70.7. The predicted octanol–water partition coefficient (Wildman–Crippen LogP) is 17.0. The molecule has 16 saturated carbocycles. The third-order valence-corrected chi connectivity index (χ3v) is 28.8. The summed E-state index contributed by atoms with van der Waals surface area (Å²) in [4.78, 5) is 0. The third-order valence-electron chi connectivity index (χ3n) is 28.8. The van der Waals surface area contributed by atoms with Crippen molar-refractivity contribution in [2.75, 3.05) is 0 Å². The van der Waals surface area contributed by atoms with Gasteiger partial charge in [0, 0.05) is 0 Å². The Morgan fingerprint density at radius 2 is 0.596 bits per heavy atom. The van der Waals surface area contributed by atoms with Gasteiger partial charge in [-0.05, 0) is 152 Å². The van der Waals surface area contributed by atoms with Crippen molar-refractivity contribution in [1.29, 1.82) is 0 Å². The summed E-state index contributed by atoms with van der Waals surface area (Å²) in [7, 11) is 0. The molecule has 25 atom stereocenters. The average Bonchev–Trinajstić information content (AvgIpc) is 3.25. The highest BCUT2D eigenvalue weighted by Crippen LogP contribution is 3.44. The van der Waals surface area contributed by atoms with E-state index in [9.17, 15) is 0 Å². The van der Waals surface area contributed by atoms with Crippen molar-refractivity contribution in [2.45, 2.75) is 214 Å². The Bertz CT molecular complexity index is 1760. The van der Waals surface area contributed by atoms with Crippen LogP contribution in [0.5, 0.6) is 0 Å². The van der Waals surface area contributed by atoms with Crippen molar-refractivity contribution in [3.63, 3.8) is 0 Å². The Morgan fingerprint density at radius 3 is 1.02 bits per heavy atom. The van der Waals surface area contributed by atoms with E-state index >= 15 is 0 Å². The van der Waals surface area contributed by atoms with E-state index in [1.165, 1.54) is 29.6 Å². The number of hydrogen-bond acceptors (Lipinski definition) is 0. The van der Waals surface area contributed by atoms with E-state index in [1.807, 2.05) is 125 Å². The van der Waals surface area contributed by atoms with E-state index in [1.54, 1.807) is 6.42 Å². The monoisotopic (exact) mass is 787 g/mol. The zero-order valence-electron chi connectivity index (χ0n) is 44.5. The van der Waals surface area contributed by atoms with Crippen molar-refractivity contribution in [3.05, 3.63) is 0 Å². The van der Waals surface area contributed by atoms with E-state index in [0.717, 1.165) is 67.5 Å². The van der Waals surface area contributed by atoms with Crippen LogP contribution in [0.25, 0.3) is 0 Å². The minimum absolute atomic E-state index is 0.491. The van der Waals surface area contributed by atoms with Crippen LogP contribution < -0.4 is 0 Å². The second-order valence-corrected chi connectivity index (χ2v) is 22.7. The topological polar surface area (TPSA) is 0 Å². The van der Waals surface area contributed by atoms with Crippen LogP contribution in [0.3, 0.4) is 0 Å². The fourth-order valence-corrected chi connectivity index (χ4v) is 31.2. The lowest BCUT2D eigenvalue weighted by Crippen LogP contribution is -3.40. The molecule has 330 valence electrons. The molecule has 0 aromatic rings. The van der Waals surface area contributed by atoms with Crippen molar-refractivity contribution in [3.8, 4) is 0 Å². The lowest BCUT2D eigenvalue weighted by molar-refractivity contribution is -0.970. The SMILES string of the molecule is CC.CC.CC.CC.CC.CC.CC.CC.CC.C[C@@H]1[C@@H]2C[C@H]3[C@H]4[C@H]5[C@H]6[C@H]7[C@H]8[C@H]9[C@@H](C)[C@]%10(C)C(C)(C)[C@@]%11(C)[C@@]%12(C)[C@@]%13(C)[C@@]%14(C)[C@@]%15(C)[C@@]%16(C)[C@]1(C)[C@@]32[C@]4%16[C@]5%15[C@]6%14[C@]7%13[C@]8%12[C@]9%11%10. The molecule has 0 aromatic carbocycles. The summed E-state index contributed by atoms with van der Waals surface area (Å²) in [5.74, 6) is 11.4. The van der Waals surface area contributed by atoms with Crippen LogP contribution in [-0.2, 0) is 0 Å². The Hall–Kier alpha value is 0. The molecule has 0 heterocycles. The summed E-state index contributed by atoms with van der Waals surface area (Å²) in [5, 5.41) is 0. The highest BCUT2D eigenvalue weighted by atomic mass is 15.4. The lowest BCUT2D eigenvalue weighted by atomic mass is 8.61. The van der Waals surface area contributed by atoms with Gasteiger partial charge >= 0.3 is 0 Å². The second-order valence-electron chi connectivity index (χ2n) is 22.7. The van der Waals surface area contributed by atoms with E-state index in [-0.39, 0.29) is 0 Å². The zero-order chi connectivity index (χ0) is 44.5. The highest BCUT2D eigenvalue weighted by molar-refractivity contribution is 5.87. The minimum atomic E-state index is 0.491. The first-order chi connectivity index (χ1) is 27.0. The average molecular weight is 787 g/mol. The molecule has 0 aliphatic heterocycles. The fourth-order valence-electron chi connectivity index (χ4n) is 31.2. The molecule has 0 N–H and O–H groups in total. The predicted molar refractivity (Wildman–Crippen MR) is 249 cm³/mol. The molecule has 0 unspecified atom stereocenters. The van der Waals surface area contributed by atoms with E-state index in [2.05, 4.69) is 83.1 Å². The van der Waals surface area contributed by atoms with Gasteiger partial charge in [0.05, 0.1) is 0 Å². The quantitative estimate of drug-likeness (QED) is 0.229. The molecule has 0 radical (unpaired) electrons. The summed E-state index contributed by atoms with van der Waals surface area (Å²) in [6.07, 6.45) is 1.66. The van der Waals surface area contributed by atoms with E-state index in [4.69, 9.17) is 0 Å². The van der Waals surface area contributed by atoms with Crippen LogP contribution >= 0.6 is 0 Å². The third kappa shape index (κ3) is 1.89. The molecule has 57 heavy (non-hydrogen) atoms. The maximum atomic E-state index is 3.03. The van der Waals surface area contributed by atoms with Crippen molar-refractivity contribution >= 4 is 0 Å². The van der Waals surface area contributed by atoms with Gasteiger partial charge in [-0.15, -0.1) is 0 Å². The normalized spacial score (nSPS) is 73.2. The molecule has 0 saturated heterocycles. The maximum absolute atomic E-state index is 3.03. The van der Waals surface area contributed by atoms with Gasteiger partial charge in [0.2, 0.25) is 0 Å². The first kappa shape index (κ1) is 45.0. The van der Waals surface area contributed by atoms with Crippen LogP contribution in [0.15, 0.2) is 0 Å². The van der Waals surface area contributed by atoms with Crippen LogP contribution in [0.1, 0.15) is 214 Å². The van der Waals surface area contributed by atoms with Crippen LogP contribution in [0, 0.1) is 146 Å². The molecule has 7 spiro atoms. The Balaban J connectivity index is 0.000000249. The van der Waals surface area contributed by atoms with Crippen molar-refractivity contribution in [2.24, 2.45) is 146 Å². The first-order valence-electron chi connectivity index (χ1n) is 27.0. The molecule has 0 nitrogen and oxygen atoms in total. The Morgan fingerprint density at radius 1 is 0.281 bits per heavy atom. The molecular formula is C57H102. The Kier molecular flexibility index (Phi) is 8.30. The van der Waals surface area contributed by atoms with Crippen LogP contribution in [-0.4, -0.2) is 0 Å². The largest absolute Gasteiger partial charge is 0.0683 e. The van der Waals surface area contributed by atoms with Gasteiger partial charge in [-0.1, -0.05) is 208 Å². The molecule has 0 aromatic heterocycles. The number of fused-ring (bicyclic) bond motifs is 12. The minimum Gasteiger partial charge on any atom is -0.0683 e.